The summed E-state index contributed by atoms with van der Waals surface area (Å²) in [6, 6.07) is 5.32. The van der Waals surface area contributed by atoms with Crippen LogP contribution in [0.1, 0.15) is 20.3 Å². The Hall–Kier alpha value is -0.580. The van der Waals surface area contributed by atoms with Crippen molar-refractivity contribution < 1.29 is 4.79 Å². The summed E-state index contributed by atoms with van der Waals surface area (Å²) in [5, 5.41) is 3.32. The molecule has 1 aromatic rings. The van der Waals surface area contributed by atoms with Gasteiger partial charge in [-0.2, -0.15) is 0 Å². The number of carbonyl (C=O) groups excluding carboxylic acids is 1. The molecule has 0 fully saturated rings. The Morgan fingerprint density at radius 2 is 2.24 bits per heavy atom. The maximum absolute atomic E-state index is 12.1. The third-order valence-electron chi connectivity index (χ3n) is 2.96. The van der Waals surface area contributed by atoms with Gasteiger partial charge in [-0.05, 0) is 31.5 Å². The molecule has 0 spiro atoms. The monoisotopic (exact) mass is 318 g/mol. The molecular formula is C12H16BrClN2O. The minimum Gasteiger partial charge on any atom is -0.329 e. The van der Waals surface area contributed by atoms with Crippen LogP contribution in [0.3, 0.4) is 0 Å². The summed E-state index contributed by atoms with van der Waals surface area (Å²) in [5.41, 5.74) is 5.67. The number of nitrogens with two attached hydrogens (primary N) is 1. The van der Waals surface area contributed by atoms with Crippen LogP contribution in [0, 0.1) is 5.41 Å². The molecule has 0 aliphatic heterocycles. The molecule has 0 aliphatic rings. The number of benzene rings is 1. The second kappa shape index (κ2) is 5.85. The van der Waals surface area contributed by atoms with Crippen molar-refractivity contribution in [1.29, 1.82) is 0 Å². The summed E-state index contributed by atoms with van der Waals surface area (Å²) in [6.07, 6.45) is 0.682. The average molecular weight is 320 g/mol. The van der Waals surface area contributed by atoms with Gasteiger partial charge in [-0.15, -0.1) is 0 Å². The molecule has 1 unspecified atom stereocenters. The molecule has 3 nitrogen and oxygen atoms in total. The molecule has 3 N–H and O–H groups in total. The Morgan fingerprint density at radius 3 is 2.76 bits per heavy atom. The molecule has 1 atom stereocenters. The van der Waals surface area contributed by atoms with Gasteiger partial charge >= 0.3 is 0 Å². The zero-order valence-electron chi connectivity index (χ0n) is 9.89. The normalized spacial score (nSPS) is 14.2. The van der Waals surface area contributed by atoms with Gasteiger partial charge in [0.1, 0.15) is 0 Å². The van der Waals surface area contributed by atoms with Crippen LogP contribution < -0.4 is 11.1 Å². The Labute approximate surface area is 115 Å². The molecule has 1 amide bonds. The smallest absolute Gasteiger partial charge is 0.231 e. The summed E-state index contributed by atoms with van der Waals surface area (Å²) in [7, 11) is 0. The molecule has 5 heteroatoms. The number of anilines is 1. The number of hydrogen-bond acceptors (Lipinski definition) is 2. The van der Waals surface area contributed by atoms with Crippen molar-refractivity contribution >= 4 is 39.1 Å². The first-order chi connectivity index (χ1) is 7.92. The molecule has 17 heavy (non-hydrogen) atoms. The van der Waals surface area contributed by atoms with Crippen LogP contribution in [0.25, 0.3) is 0 Å². The number of nitrogens with one attached hydrogen (secondary N) is 1. The Bertz CT molecular complexity index is 419. The quantitative estimate of drug-likeness (QED) is 0.893. The lowest BCUT2D eigenvalue weighted by Crippen LogP contribution is -2.39. The number of carbonyl (C=O) groups is 1. The molecule has 0 saturated heterocycles. The fraction of sp³-hybridized carbons (Fsp3) is 0.417. The van der Waals surface area contributed by atoms with Crippen LogP contribution in [0.4, 0.5) is 5.69 Å². The van der Waals surface area contributed by atoms with E-state index in [2.05, 4.69) is 21.2 Å². The van der Waals surface area contributed by atoms with E-state index in [0.29, 0.717) is 23.7 Å². The van der Waals surface area contributed by atoms with E-state index in [-0.39, 0.29) is 5.91 Å². The van der Waals surface area contributed by atoms with E-state index in [1.54, 1.807) is 12.1 Å². The molecule has 0 bridgehead atoms. The Kier molecular flexibility index (Phi) is 4.98. The lowest BCUT2D eigenvalue weighted by atomic mass is 9.86. The number of amides is 1. The Balaban J connectivity index is 2.91. The van der Waals surface area contributed by atoms with E-state index in [0.717, 1.165) is 4.47 Å². The van der Waals surface area contributed by atoms with Gasteiger partial charge in [0.2, 0.25) is 5.91 Å². The number of hydrogen-bond donors (Lipinski definition) is 2. The van der Waals surface area contributed by atoms with Crippen LogP contribution in [0.5, 0.6) is 0 Å². The van der Waals surface area contributed by atoms with Crippen LogP contribution in [0.2, 0.25) is 5.02 Å². The van der Waals surface area contributed by atoms with Crippen molar-refractivity contribution in [2.45, 2.75) is 20.3 Å². The molecule has 0 heterocycles. The standard InChI is InChI=1S/C12H16BrClN2O/c1-3-12(2,7-15)11(17)16-10-6-8(13)4-5-9(10)14/h4-6H,3,7,15H2,1-2H3,(H,16,17). The van der Waals surface area contributed by atoms with E-state index in [9.17, 15) is 4.79 Å². The van der Waals surface area contributed by atoms with Gasteiger partial charge < -0.3 is 11.1 Å². The lowest BCUT2D eigenvalue weighted by molar-refractivity contribution is -0.124. The maximum Gasteiger partial charge on any atom is 0.231 e. The van der Waals surface area contributed by atoms with Crippen molar-refractivity contribution in [2.75, 3.05) is 11.9 Å². The maximum atomic E-state index is 12.1. The van der Waals surface area contributed by atoms with Gasteiger partial charge in [0.05, 0.1) is 16.1 Å². The van der Waals surface area contributed by atoms with Crippen molar-refractivity contribution in [3.05, 3.63) is 27.7 Å². The topological polar surface area (TPSA) is 55.1 Å². The number of rotatable bonds is 4. The van der Waals surface area contributed by atoms with Gasteiger partial charge in [0.15, 0.2) is 0 Å². The lowest BCUT2D eigenvalue weighted by Gasteiger charge is -2.25. The largest absolute Gasteiger partial charge is 0.329 e. The van der Waals surface area contributed by atoms with Gasteiger partial charge in [-0.3, -0.25) is 4.79 Å². The summed E-state index contributed by atoms with van der Waals surface area (Å²) < 4.78 is 0.864. The molecule has 0 radical (unpaired) electrons. The first-order valence-corrected chi connectivity index (χ1v) is 6.56. The van der Waals surface area contributed by atoms with E-state index < -0.39 is 5.41 Å². The fourth-order valence-corrected chi connectivity index (χ4v) is 1.79. The van der Waals surface area contributed by atoms with E-state index >= 15 is 0 Å². The molecule has 0 aliphatic carbocycles. The van der Waals surface area contributed by atoms with Gasteiger partial charge in [0, 0.05) is 11.0 Å². The van der Waals surface area contributed by atoms with E-state index in [4.69, 9.17) is 17.3 Å². The average Bonchev–Trinajstić information content (AvgIpc) is 2.32. The predicted octanol–water partition coefficient (Wildman–Crippen LogP) is 3.42. The van der Waals surface area contributed by atoms with Crippen LogP contribution in [-0.2, 0) is 4.79 Å². The van der Waals surface area contributed by atoms with Crippen molar-refractivity contribution in [1.82, 2.24) is 0 Å². The zero-order valence-corrected chi connectivity index (χ0v) is 12.2. The first kappa shape index (κ1) is 14.5. The molecule has 94 valence electrons. The Morgan fingerprint density at radius 1 is 1.59 bits per heavy atom. The fourth-order valence-electron chi connectivity index (χ4n) is 1.26. The summed E-state index contributed by atoms with van der Waals surface area (Å²) in [4.78, 5) is 12.1. The van der Waals surface area contributed by atoms with Crippen LogP contribution in [-0.4, -0.2) is 12.5 Å². The third-order valence-corrected chi connectivity index (χ3v) is 3.78. The summed E-state index contributed by atoms with van der Waals surface area (Å²) in [6.45, 7) is 4.09. The minimum absolute atomic E-state index is 0.109. The molecule has 1 rings (SSSR count). The van der Waals surface area contributed by atoms with Crippen LogP contribution >= 0.6 is 27.5 Å². The van der Waals surface area contributed by atoms with Crippen LogP contribution in [0.15, 0.2) is 22.7 Å². The van der Waals surface area contributed by atoms with E-state index in [1.165, 1.54) is 0 Å². The highest BCUT2D eigenvalue weighted by molar-refractivity contribution is 9.10. The van der Waals surface area contributed by atoms with Gasteiger partial charge in [-0.25, -0.2) is 0 Å². The SMILES string of the molecule is CCC(C)(CN)C(=O)Nc1cc(Br)ccc1Cl. The van der Waals surface area contributed by atoms with Crippen molar-refractivity contribution in [2.24, 2.45) is 11.1 Å². The highest BCUT2D eigenvalue weighted by Gasteiger charge is 2.29. The second-order valence-corrected chi connectivity index (χ2v) is 5.52. The summed E-state index contributed by atoms with van der Waals surface area (Å²) >= 11 is 9.35. The third kappa shape index (κ3) is 3.44. The molecule has 0 saturated carbocycles. The zero-order chi connectivity index (χ0) is 13.1. The molecule has 1 aromatic carbocycles. The van der Waals surface area contributed by atoms with Crippen molar-refractivity contribution in [3.8, 4) is 0 Å². The van der Waals surface area contributed by atoms with Gasteiger partial charge in [0.25, 0.3) is 0 Å². The summed E-state index contributed by atoms with van der Waals surface area (Å²) in [5.74, 6) is -0.109. The highest BCUT2D eigenvalue weighted by atomic mass is 79.9. The first-order valence-electron chi connectivity index (χ1n) is 5.39. The minimum atomic E-state index is -0.564. The number of halogens is 2. The molecule has 0 aromatic heterocycles. The molecular weight excluding hydrogens is 304 g/mol. The highest BCUT2D eigenvalue weighted by Crippen LogP contribution is 2.28. The van der Waals surface area contributed by atoms with E-state index in [1.807, 2.05) is 19.9 Å². The second-order valence-electron chi connectivity index (χ2n) is 4.20. The van der Waals surface area contributed by atoms with Crippen molar-refractivity contribution in [3.63, 3.8) is 0 Å². The van der Waals surface area contributed by atoms with Gasteiger partial charge in [-0.1, -0.05) is 34.5 Å². The predicted molar refractivity (Wildman–Crippen MR) is 75.2 cm³/mol.